The molecule has 0 radical (unpaired) electrons. The van der Waals surface area contributed by atoms with Crippen LogP contribution in [-0.4, -0.2) is 65.0 Å². The quantitative estimate of drug-likeness (QED) is 0.487. The van der Waals surface area contributed by atoms with Crippen molar-refractivity contribution in [1.82, 2.24) is 9.29 Å². The number of amides is 1. The van der Waals surface area contributed by atoms with E-state index in [1.807, 2.05) is 80.0 Å². The fourth-order valence-corrected chi connectivity index (χ4v) is 5.40. The third kappa shape index (κ3) is 6.21. The molecule has 0 bridgehead atoms. The van der Waals surface area contributed by atoms with Gasteiger partial charge in [0.05, 0.1) is 9.71 Å². The van der Waals surface area contributed by atoms with Gasteiger partial charge in [0.25, 0.3) is 0 Å². The lowest BCUT2D eigenvalue weighted by molar-refractivity contribution is -0.116. The largest absolute Gasteiger partial charge is 0.368 e. The highest BCUT2D eigenvalue weighted by atomic mass is 32.2. The van der Waals surface area contributed by atoms with E-state index in [2.05, 4.69) is 26.0 Å². The Morgan fingerprint density at radius 3 is 2.06 bits per heavy atom. The molecule has 3 aromatic rings. The molecule has 1 unspecified atom stereocenters. The fraction of sp³-hybridized carbons (Fsp3) is 0.296. The minimum absolute atomic E-state index is 0.116. The van der Waals surface area contributed by atoms with Gasteiger partial charge in [-0.25, -0.2) is 8.51 Å². The Morgan fingerprint density at radius 2 is 1.49 bits per heavy atom. The molecule has 8 heteroatoms. The third-order valence-electron chi connectivity index (χ3n) is 6.37. The van der Waals surface area contributed by atoms with Gasteiger partial charge < -0.3 is 15.1 Å². The smallest absolute Gasteiger partial charge is 0.225 e. The molecule has 0 saturated carbocycles. The molecule has 35 heavy (non-hydrogen) atoms. The fourth-order valence-electron chi connectivity index (χ4n) is 4.09. The zero-order valence-electron chi connectivity index (χ0n) is 20.4. The first-order chi connectivity index (χ1) is 16.8. The monoisotopic (exact) mass is 491 g/mol. The van der Waals surface area contributed by atoms with Crippen molar-refractivity contribution in [1.29, 1.82) is 0 Å². The number of hydrogen-bond donors (Lipinski definition) is 1. The Hall–Kier alpha value is -3.36. The van der Waals surface area contributed by atoms with Crippen molar-refractivity contribution in [3.63, 3.8) is 0 Å². The summed E-state index contributed by atoms with van der Waals surface area (Å²) >= 11 is 0. The SMILES string of the molecule is C=S(=O)(c1ccc(C)cc1)N(C)CCC(=O)Nc1ccc(N2CCN(c3ccncc3)CC2)cc1. The number of nitrogens with one attached hydrogen (secondary N) is 1. The molecule has 1 aromatic heterocycles. The van der Waals surface area contributed by atoms with Gasteiger partial charge in [-0.2, -0.15) is 0 Å². The van der Waals surface area contributed by atoms with E-state index in [1.54, 1.807) is 11.4 Å². The minimum atomic E-state index is -2.62. The first-order valence-corrected chi connectivity index (χ1v) is 13.5. The second-order valence-corrected chi connectivity index (χ2v) is 11.2. The van der Waals surface area contributed by atoms with Gasteiger partial charge in [-0.3, -0.25) is 9.78 Å². The Bertz CT molecular complexity index is 1220. The van der Waals surface area contributed by atoms with Crippen molar-refractivity contribution in [2.45, 2.75) is 18.2 Å². The lowest BCUT2D eigenvalue weighted by atomic mass is 10.2. The number of anilines is 3. The minimum Gasteiger partial charge on any atom is -0.368 e. The van der Waals surface area contributed by atoms with Crippen LogP contribution in [0.4, 0.5) is 17.1 Å². The van der Waals surface area contributed by atoms with E-state index >= 15 is 0 Å². The maximum atomic E-state index is 13.1. The first-order valence-electron chi connectivity index (χ1n) is 11.8. The summed E-state index contributed by atoms with van der Waals surface area (Å²) in [4.78, 5) is 22.0. The molecule has 184 valence electrons. The number of rotatable bonds is 8. The number of aryl methyl sites for hydroxylation is 1. The van der Waals surface area contributed by atoms with Gasteiger partial charge in [-0.15, -0.1) is 0 Å². The molecule has 0 aliphatic carbocycles. The van der Waals surface area contributed by atoms with E-state index < -0.39 is 9.71 Å². The molecule has 2 aromatic carbocycles. The zero-order chi connectivity index (χ0) is 24.8. The average molecular weight is 492 g/mol. The summed E-state index contributed by atoms with van der Waals surface area (Å²) in [6.45, 7) is 6.11. The predicted molar refractivity (Wildman–Crippen MR) is 146 cm³/mol. The summed E-state index contributed by atoms with van der Waals surface area (Å²) in [5.74, 6) is 3.80. The van der Waals surface area contributed by atoms with E-state index in [9.17, 15) is 9.00 Å². The molecule has 1 N–H and O–H groups in total. The molecule has 1 fully saturated rings. The number of pyridine rings is 1. The van der Waals surface area contributed by atoms with Crippen molar-refractivity contribution >= 4 is 38.5 Å². The Kier molecular flexibility index (Phi) is 7.73. The molecule has 4 rings (SSSR count). The van der Waals surface area contributed by atoms with Crippen LogP contribution in [0, 0.1) is 6.92 Å². The van der Waals surface area contributed by atoms with Crippen LogP contribution in [0.2, 0.25) is 0 Å². The molecule has 1 saturated heterocycles. The molecule has 1 aliphatic rings. The van der Waals surface area contributed by atoms with Crippen molar-refractivity contribution in [2.24, 2.45) is 0 Å². The van der Waals surface area contributed by atoms with Crippen molar-refractivity contribution in [3.8, 4) is 0 Å². The van der Waals surface area contributed by atoms with E-state index in [4.69, 9.17) is 0 Å². The highest BCUT2D eigenvalue weighted by Gasteiger charge is 2.18. The highest BCUT2D eigenvalue weighted by molar-refractivity contribution is 7.98. The Balaban J connectivity index is 1.25. The van der Waals surface area contributed by atoms with Gasteiger partial charge in [0, 0.05) is 73.5 Å². The van der Waals surface area contributed by atoms with Crippen LogP contribution in [-0.2, 0) is 14.5 Å². The molecular weight excluding hydrogens is 458 g/mol. The molecule has 1 atom stereocenters. The van der Waals surface area contributed by atoms with Gasteiger partial charge in [0.15, 0.2) is 0 Å². The second kappa shape index (κ2) is 10.9. The molecule has 7 nitrogen and oxygen atoms in total. The van der Waals surface area contributed by atoms with Gasteiger partial charge in [-0.05, 0) is 68.4 Å². The second-order valence-electron chi connectivity index (χ2n) is 8.83. The topological polar surface area (TPSA) is 68.8 Å². The average Bonchev–Trinajstić information content (AvgIpc) is 2.88. The van der Waals surface area contributed by atoms with E-state index in [0.717, 1.165) is 43.1 Å². The molecule has 1 aliphatic heterocycles. The van der Waals surface area contributed by atoms with Crippen LogP contribution in [0.15, 0.2) is 78.0 Å². The van der Waals surface area contributed by atoms with Crippen LogP contribution in [0.5, 0.6) is 0 Å². The van der Waals surface area contributed by atoms with E-state index in [-0.39, 0.29) is 12.3 Å². The number of nitrogens with zero attached hydrogens (tertiary/aromatic N) is 4. The van der Waals surface area contributed by atoms with E-state index in [1.165, 1.54) is 5.69 Å². The van der Waals surface area contributed by atoms with Crippen molar-refractivity contribution < 1.29 is 9.00 Å². The summed E-state index contributed by atoms with van der Waals surface area (Å²) in [5.41, 5.74) is 4.21. The van der Waals surface area contributed by atoms with Crippen LogP contribution in [0.25, 0.3) is 0 Å². The molecule has 1 amide bonds. The van der Waals surface area contributed by atoms with Gasteiger partial charge in [0.2, 0.25) is 5.91 Å². The molecular formula is C27H33N5O2S. The predicted octanol–water partition coefficient (Wildman–Crippen LogP) is 3.67. The normalized spacial score (nSPS) is 15.6. The summed E-state index contributed by atoms with van der Waals surface area (Å²) in [6.07, 6.45) is 3.88. The first kappa shape index (κ1) is 24.8. The lowest BCUT2D eigenvalue weighted by Crippen LogP contribution is -2.46. The zero-order valence-corrected chi connectivity index (χ0v) is 21.2. The van der Waals surface area contributed by atoms with Crippen LogP contribution < -0.4 is 15.1 Å². The number of hydrogen-bond acceptors (Lipinski definition) is 5. The maximum Gasteiger partial charge on any atom is 0.225 e. The summed E-state index contributed by atoms with van der Waals surface area (Å²) < 4.78 is 14.8. The number of carbonyl (C=O) groups is 1. The van der Waals surface area contributed by atoms with Crippen molar-refractivity contribution in [3.05, 3.63) is 78.6 Å². The van der Waals surface area contributed by atoms with Crippen LogP contribution in [0.1, 0.15) is 12.0 Å². The van der Waals surface area contributed by atoms with Gasteiger partial charge in [0.1, 0.15) is 0 Å². The maximum absolute atomic E-state index is 13.1. The Labute approximate surface area is 208 Å². The third-order valence-corrected chi connectivity index (χ3v) is 8.57. The van der Waals surface area contributed by atoms with Crippen LogP contribution in [0.3, 0.4) is 0 Å². The van der Waals surface area contributed by atoms with Gasteiger partial charge in [-0.1, -0.05) is 17.7 Å². The number of aromatic nitrogens is 1. The molecule has 2 heterocycles. The van der Waals surface area contributed by atoms with Crippen molar-refractivity contribution in [2.75, 3.05) is 54.9 Å². The standard InChI is InChI=1S/C27H33N5O2S/c1-22-4-10-26(11-5-22)35(3,34)30(2)17-14-27(33)29-23-6-8-24(9-7-23)31-18-20-32(21-19-31)25-12-15-28-16-13-25/h4-13,15-16H,3,14,17-21H2,1-2H3,(H,29,33). The van der Waals surface area contributed by atoms with E-state index in [0.29, 0.717) is 11.4 Å². The Morgan fingerprint density at radius 1 is 0.943 bits per heavy atom. The highest BCUT2D eigenvalue weighted by Crippen LogP contribution is 2.22. The number of carbonyl (C=O) groups excluding carboxylic acids is 1. The number of piperazine rings is 1. The summed E-state index contributed by atoms with van der Waals surface area (Å²) in [6, 6.07) is 19.6. The lowest BCUT2D eigenvalue weighted by Gasteiger charge is -2.37. The number of benzene rings is 2. The summed E-state index contributed by atoms with van der Waals surface area (Å²) in [5, 5.41) is 2.94. The summed E-state index contributed by atoms with van der Waals surface area (Å²) in [7, 11) is -0.881. The molecule has 0 spiro atoms. The van der Waals surface area contributed by atoms with Crippen LogP contribution >= 0.6 is 0 Å². The van der Waals surface area contributed by atoms with Gasteiger partial charge >= 0.3 is 0 Å².